The fourth-order valence-corrected chi connectivity index (χ4v) is 2.38. The fraction of sp³-hybridized carbons (Fsp3) is 0.385. The van der Waals surface area contributed by atoms with E-state index in [0.29, 0.717) is 6.54 Å². The standard InChI is InChI=1S/C13H17N3S/c1-13(2,9-14)6-11-8-17-12(16-11)10-4-3-5-15-7-10/h3-5,7-8H,6,9,14H2,1-2H3. The SMILES string of the molecule is CC(C)(CN)Cc1csc(-c2cccnc2)n1. The highest BCUT2D eigenvalue weighted by molar-refractivity contribution is 7.13. The Morgan fingerprint density at radius 1 is 1.41 bits per heavy atom. The van der Waals surface area contributed by atoms with Gasteiger partial charge in [-0.05, 0) is 30.5 Å². The average Bonchev–Trinajstić information content (AvgIpc) is 2.78. The highest BCUT2D eigenvalue weighted by atomic mass is 32.1. The molecular formula is C13H17N3S. The van der Waals surface area contributed by atoms with Gasteiger partial charge in [-0.25, -0.2) is 4.98 Å². The van der Waals surface area contributed by atoms with Crippen molar-refractivity contribution < 1.29 is 0 Å². The summed E-state index contributed by atoms with van der Waals surface area (Å²) in [6.45, 7) is 5.00. The van der Waals surface area contributed by atoms with Gasteiger partial charge in [0.25, 0.3) is 0 Å². The predicted molar refractivity (Wildman–Crippen MR) is 71.9 cm³/mol. The summed E-state index contributed by atoms with van der Waals surface area (Å²) in [5, 5.41) is 3.14. The summed E-state index contributed by atoms with van der Waals surface area (Å²) in [5.41, 5.74) is 8.04. The number of hydrogen-bond acceptors (Lipinski definition) is 4. The summed E-state index contributed by atoms with van der Waals surface area (Å²) < 4.78 is 0. The van der Waals surface area contributed by atoms with Crippen molar-refractivity contribution in [1.29, 1.82) is 0 Å². The van der Waals surface area contributed by atoms with Crippen molar-refractivity contribution in [3.05, 3.63) is 35.6 Å². The van der Waals surface area contributed by atoms with Gasteiger partial charge in [-0.2, -0.15) is 0 Å². The van der Waals surface area contributed by atoms with Gasteiger partial charge in [0.05, 0.1) is 5.69 Å². The van der Waals surface area contributed by atoms with E-state index in [1.807, 2.05) is 18.3 Å². The number of nitrogens with zero attached hydrogens (tertiary/aromatic N) is 2. The predicted octanol–water partition coefficient (Wildman–Crippen LogP) is 2.73. The van der Waals surface area contributed by atoms with Gasteiger partial charge >= 0.3 is 0 Å². The summed E-state index contributed by atoms with van der Waals surface area (Å²) >= 11 is 1.66. The molecule has 0 saturated carbocycles. The van der Waals surface area contributed by atoms with Gasteiger partial charge in [-0.15, -0.1) is 11.3 Å². The van der Waals surface area contributed by atoms with Crippen LogP contribution in [0.25, 0.3) is 10.6 Å². The molecule has 2 aromatic rings. The Morgan fingerprint density at radius 2 is 2.24 bits per heavy atom. The maximum Gasteiger partial charge on any atom is 0.125 e. The van der Waals surface area contributed by atoms with Crippen LogP contribution in [0.2, 0.25) is 0 Å². The first-order valence-corrected chi connectivity index (χ1v) is 6.53. The van der Waals surface area contributed by atoms with Gasteiger partial charge in [-0.1, -0.05) is 13.8 Å². The number of aromatic nitrogens is 2. The fourth-order valence-electron chi connectivity index (χ4n) is 1.57. The lowest BCUT2D eigenvalue weighted by atomic mass is 9.88. The lowest BCUT2D eigenvalue weighted by Crippen LogP contribution is -2.26. The number of pyridine rings is 1. The summed E-state index contributed by atoms with van der Waals surface area (Å²) in [6, 6.07) is 3.96. The van der Waals surface area contributed by atoms with Gasteiger partial charge in [0.15, 0.2) is 0 Å². The van der Waals surface area contributed by atoms with Crippen LogP contribution in [0.5, 0.6) is 0 Å². The lowest BCUT2D eigenvalue weighted by Gasteiger charge is -2.20. The molecular weight excluding hydrogens is 230 g/mol. The van der Waals surface area contributed by atoms with Crippen molar-refractivity contribution in [2.75, 3.05) is 6.54 Å². The maximum absolute atomic E-state index is 5.74. The van der Waals surface area contributed by atoms with Gasteiger partial charge in [-0.3, -0.25) is 4.98 Å². The van der Waals surface area contributed by atoms with Gasteiger partial charge in [0.1, 0.15) is 5.01 Å². The normalized spacial score (nSPS) is 11.7. The summed E-state index contributed by atoms with van der Waals surface area (Å²) in [5.74, 6) is 0. The Morgan fingerprint density at radius 3 is 2.88 bits per heavy atom. The van der Waals surface area contributed by atoms with Crippen LogP contribution in [0.3, 0.4) is 0 Å². The molecule has 2 aromatic heterocycles. The molecule has 0 amide bonds. The van der Waals surface area contributed by atoms with Crippen molar-refractivity contribution in [3.8, 4) is 10.6 Å². The molecule has 3 nitrogen and oxygen atoms in total. The van der Waals surface area contributed by atoms with Crippen LogP contribution < -0.4 is 5.73 Å². The van der Waals surface area contributed by atoms with Crippen LogP contribution >= 0.6 is 11.3 Å². The minimum Gasteiger partial charge on any atom is -0.330 e. The van der Waals surface area contributed by atoms with E-state index in [-0.39, 0.29) is 5.41 Å². The molecule has 0 spiro atoms. The topological polar surface area (TPSA) is 51.8 Å². The summed E-state index contributed by atoms with van der Waals surface area (Å²) in [4.78, 5) is 8.74. The number of nitrogens with two attached hydrogens (primary N) is 1. The van der Waals surface area contributed by atoms with E-state index in [1.165, 1.54) is 0 Å². The molecule has 0 aliphatic heterocycles. The van der Waals surface area contributed by atoms with E-state index >= 15 is 0 Å². The van der Waals surface area contributed by atoms with Crippen molar-refractivity contribution in [2.24, 2.45) is 11.1 Å². The zero-order valence-corrected chi connectivity index (χ0v) is 11.0. The first kappa shape index (κ1) is 12.2. The molecule has 0 aliphatic carbocycles. The summed E-state index contributed by atoms with van der Waals surface area (Å²) in [7, 11) is 0. The van der Waals surface area contributed by atoms with Crippen molar-refractivity contribution >= 4 is 11.3 Å². The number of rotatable bonds is 4. The smallest absolute Gasteiger partial charge is 0.125 e. The van der Waals surface area contributed by atoms with E-state index in [4.69, 9.17) is 5.73 Å². The third kappa shape index (κ3) is 3.11. The maximum atomic E-state index is 5.74. The van der Waals surface area contributed by atoms with Gasteiger partial charge in [0, 0.05) is 23.3 Å². The molecule has 0 radical (unpaired) electrons. The molecule has 0 unspecified atom stereocenters. The molecule has 2 N–H and O–H groups in total. The monoisotopic (exact) mass is 247 g/mol. The zero-order valence-electron chi connectivity index (χ0n) is 10.2. The van der Waals surface area contributed by atoms with Gasteiger partial charge in [0.2, 0.25) is 0 Å². The van der Waals surface area contributed by atoms with E-state index in [9.17, 15) is 0 Å². The second-order valence-corrected chi connectivity index (χ2v) is 5.79. The third-order valence-electron chi connectivity index (χ3n) is 2.67. The molecule has 0 saturated heterocycles. The minimum atomic E-state index is 0.111. The molecule has 17 heavy (non-hydrogen) atoms. The third-order valence-corrected chi connectivity index (χ3v) is 3.61. The highest BCUT2D eigenvalue weighted by Crippen LogP contribution is 2.26. The Hall–Kier alpha value is -1.26. The first-order valence-electron chi connectivity index (χ1n) is 5.66. The van der Waals surface area contributed by atoms with Crippen LogP contribution in [0, 0.1) is 5.41 Å². The van der Waals surface area contributed by atoms with Crippen LogP contribution in [0.15, 0.2) is 29.9 Å². The Kier molecular flexibility index (Phi) is 3.54. The van der Waals surface area contributed by atoms with E-state index < -0.39 is 0 Å². The van der Waals surface area contributed by atoms with Crippen LogP contribution in [-0.2, 0) is 6.42 Å². The molecule has 0 atom stereocenters. The second-order valence-electron chi connectivity index (χ2n) is 4.93. The minimum absolute atomic E-state index is 0.111. The highest BCUT2D eigenvalue weighted by Gasteiger charge is 2.18. The molecule has 2 rings (SSSR count). The van der Waals surface area contributed by atoms with E-state index in [2.05, 4.69) is 29.2 Å². The molecule has 90 valence electrons. The first-order chi connectivity index (χ1) is 8.11. The molecule has 4 heteroatoms. The lowest BCUT2D eigenvalue weighted by molar-refractivity contribution is 0.373. The van der Waals surface area contributed by atoms with Crippen LogP contribution in [0.1, 0.15) is 19.5 Å². The number of thiazole rings is 1. The second kappa shape index (κ2) is 4.94. The zero-order chi connectivity index (χ0) is 12.3. The quantitative estimate of drug-likeness (QED) is 0.903. The van der Waals surface area contributed by atoms with Crippen molar-refractivity contribution in [3.63, 3.8) is 0 Å². The summed E-state index contributed by atoms with van der Waals surface area (Å²) in [6.07, 6.45) is 4.53. The largest absolute Gasteiger partial charge is 0.330 e. The Balaban J connectivity index is 2.17. The molecule has 0 fully saturated rings. The Labute approximate surface area is 106 Å². The average molecular weight is 247 g/mol. The molecule has 0 aromatic carbocycles. The van der Waals surface area contributed by atoms with E-state index in [1.54, 1.807) is 17.5 Å². The molecule has 0 bridgehead atoms. The van der Waals surface area contributed by atoms with Gasteiger partial charge < -0.3 is 5.73 Å². The van der Waals surface area contributed by atoms with Crippen molar-refractivity contribution in [2.45, 2.75) is 20.3 Å². The number of hydrogen-bond donors (Lipinski definition) is 1. The molecule has 2 heterocycles. The Bertz CT molecular complexity index is 476. The van der Waals surface area contributed by atoms with Crippen molar-refractivity contribution in [1.82, 2.24) is 9.97 Å². The van der Waals surface area contributed by atoms with Crippen LogP contribution in [-0.4, -0.2) is 16.5 Å². The van der Waals surface area contributed by atoms with Crippen LogP contribution in [0.4, 0.5) is 0 Å². The van der Waals surface area contributed by atoms with E-state index in [0.717, 1.165) is 22.7 Å². The molecule has 0 aliphatic rings.